The van der Waals surface area contributed by atoms with Gasteiger partial charge in [0.1, 0.15) is 11.5 Å². The zero-order valence-electron chi connectivity index (χ0n) is 27.9. The number of carbonyl (C=O) groups excluding carboxylic acids is 1. The average molecular weight is 609 g/mol. The number of unbranched alkanes of at least 4 members (excludes halogenated alkanes) is 3. The lowest BCUT2D eigenvalue weighted by molar-refractivity contribution is -0.134. The van der Waals surface area contributed by atoms with Crippen molar-refractivity contribution in [2.75, 3.05) is 23.0 Å². The fourth-order valence-electron chi connectivity index (χ4n) is 5.56. The van der Waals surface area contributed by atoms with Crippen LogP contribution in [0.3, 0.4) is 0 Å². The van der Waals surface area contributed by atoms with E-state index in [2.05, 4.69) is 78.9 Å². The van der Waals surface area contributed by atoms with Crippen LogP contribution in [0.25, 0.3) is 0 Å². The highest BCUT2D eigenvalue weighted by Gasteiger charge is 2.24. The minimum absolute atomic E-state index is 0.177. The first-order valence-electron chi connectivity index (χ1n) is 16.5. The van der Waals surface area contributed by atoms with Gasteiger partial charge in [-0.3, -0.25) is 4.79 Å². The van der Waals surface area contributed by atoms with Crippen LogP contribution in [0.4, 0.5) is 0 Å². The molecular weight excluding hydrogens is 545 g/mol. The largest absolute Gasteiger partial charge is 0.508 e. The first kappa shape index (κ1) is 38.2. The van der Waals surface area contributed by atoms with Gasteiger partial charge in [0.25, 0.3) is 0 Å². The molecule has 0 fully saturated rings. The van der Waals surface area contributed by atoms with Crippen LogP contribution < -0.4 is 4.74 Å². The Balaban J connectivity index is 2.56. The van der Waals surface area contributed by atoms with E-state index in [1.807, 2.05) is 0 Å². The van der Waals surface area contributed by atoms with Gasteiger partial charge in [-0.1, -0.05) is 93.9 Å². The van der Waals surface area contributed by atoms with Crippen LogP contribution in [0.5, 0.6) is 11.5 Å². The quantitative estimate of drug-likeness (QED) is 0.0806. The third-order valence-electron chi connectivity index (χ3n) is 8.48. The molecule has 3 atom stereocenters. The van der Waals surface area contributed by atoms with Gasteiger partial charge in [0.15, 0.2) is 0 Å². The minimum Gasteiger partial charge on any atom is -0.508 e. The summed E-state index contributed by atoms with van der Waals surface area (Å²) in [6.07, 6.45) is 14.5. The summed E-state index contributed by atoms with van der Waals surface area (Å²) >= 11 is 4.17. The van der Waals surface area contributed by atoms with Gasteiger partial charge < -0.3 is 9.84 Å². The van der Waals surface area contributed by atoms with Crippen molar-refractivity contribution in [3.05, 3.63) is 24.3 Å². The number of rotatable bonds is 22. The first-order chi connectivity index (χ1) is 19.4. The van der Waals surface area contributed by atoms with Crippen LogP contribution in [-0.2, 0) is 4.79 Å². The number of phenols is 1. The van der Waals surface area contributed by atoms with Crippen LogP contribution in [0, 0.1) is 28.6 Å². The summed E-state index contributed by atoms with van der Waals surface area (Å²) in [5.41, 5.74) is 0.771. The van der Waals surface area contributed by atoms with Crippen LogP contribution in [0.15, 0.2) is 24.3 Å². The topological polar surface area (TPSA) is 46.5 Å². The molecule has 1 aromatic rings. The number of thioether (sulfide) groups is 2. The minimum atomic E-state index is -0.177. The van der Waals surface area contributed by atoms with E-state index in [9.17, 15) is 9.90 Å². The van der Waals surface area contributed by atoms with Crippen molar-refractivity contribution in [3.8, 4) is 11.5 Å². The van der Waals surface area contributed by atoms with Crippen molar-refractivity contribution in [2.24, 2.45) is 28.6 Å². The van der Waals surface area contributed by atoms with Crippen molar-refractivity contribution in [3.63, 3.8) is 0 Å². The summed E-state index contributed by atoms with van der Waals surface area (Å²) in [4.78, 5) is 12.6. The molecular formula is C36H64O3S2. The van der Waals surface area contributed by atoms with Crippen LogP contribution in [0.1, 0.15) is 132 Å². The van der Waals surface area contributed by atoms with E-state index in [-0.39, 0.29) is 11.7 Å². The second-order valence-electron chi connectivity index (χ2n) is 14.2. The van der Waals surface area contributed by atoms with Crippen molar-refractivity contribution < 1.29 is 14.6 Å². The lowest BCUT2D eigenvalue weighted by Crippen LogP contribution is -2.21. The van der Waals surface area contributed by atoms with E-state index in [1.54, 1.807) is 24.3 Å². The monoisotopic (exact) mass is 608 g/mol. The first-order valence-corrected chi connectivity index (χ1v) is 18.8. The third kappa shape index (κ3) is 18.5. The molecule has 0 bridgehead atoms. The average Bonchev–Trinajstić information content (AvgIpc) is 2.89. The lowest BCUT2D eigenvalue weighted by Gasteiger charge is -2.31. The van der Waals surface area contributed by atoms with Gasteiger partial charge in [0, 0.05) is 6.42 Å². The summed E-state index contributed by atoms with van der Waals surface area (Å²) in [6.45, 7) is 19.0. The number of phenolic OH excluding ortho intramolecular Hbond substituents is 1. The highest BCUT2D eigenvalue weighted by Crippen LogP contribution is 2.35. The summed E-state index contributed by atoms with van der Waals surface area (Å²) < 4.78 is 5.52. The Morgan fingerprint density at radius 3 is 1.85 bits per heavy atom. The highest BCUT2D eigenvalue weighted by atomic mass is 32.2. The Bertz CT molecular complexity index is 795. The molecule has 0 radical (unpaired) electrons. The second kappa shape index (κ2) is 21.0. The summed E-state index contributed by atoms with van der Waals surface area (Å²) in [7, 11) is 0. The molecule has 1 aromatic carbocycles. The molecule has 1 N–H and O–H groups in total. The molecule has 0 aliphatic heterocycles. The van der Waals surface area contributed by atoms with Crippen LogP contribution in [0.2, 0.25) is 0 Å². The zero-order chi connectivity index (χ0) is 30.7. The van der Waals surface area contributed by atoms with Crippen molar-refractivity contribution >= 4 is 29.5 Å². The van der Waals surface area contributed by atoms with Gasteiger partial charge in [0.05, 0.1) is 0 Å². The lowest BCUT2D eigenvalue weighted by atomic mass is 9.75. The molecule has 0 spiro atoms. The summed E-state index contributed by atoms with van der Waals surface area (Å²) in [6, 6.07) is 6.40. The molecule has 0 saturated heterocycles. The number of hydrogen-bond acceptors (Lipinski definition) is 5. The zero-order valence-corrected chi connectivity index (χ0v) is 29.6. The molecule has 0 aliphatic rings. The molecule has 3 unspecified atom stereocenters. The Morgan fingerprint density at radius 1 is 0.732 bits per heavy atom. The normalized spacial score (nSPS) is 14.5. The molecule has 0 aliphatic carbocycles. The van der Waals surface area contributed by atoms with E-state index >= 15 is 0 Å². The maximum atomic E-state index is 12.6. The van der Waals surface area contributed by atoms with Crippen molar-refractivity contribution in [1.29, 1.82) is 0 Å². The Kier molecular flexibility index (Phi) is 19.6. The molecule has 1 rings (SSSR count). The fraction of sp³-hybridized carbons (Fsp3) is 0.806. The van der Waals surface area contributed by atoms with Gasteiger partial charge in [-0.05, 0) is 108 Å². The predicted octanol–water partition coefficient (Wildman–Crippen LogP) is 11.4. The van der Waals surface area contributed by atoms with Gasteiger partial charge in [-0.25, -0.2) is 0 Å². The number of hydrogen-bond donors (Lipinski definition) is 1. The highest BCUT2D eigenvalue weighted by molar-refractivity contribution is 8.00. The number of carbonyl (C=O) groups is 1. The molecule has 3 nitrogen and oxygen atoms in total. The maximum Gasteiger partial charge on any atom is 0.311 e. The standard InChI is InChI=1S/C36H64O3S2/c1-9-11-12-16-31(36(6,7)8)24-26-41-28-29(18-23-34(38)39-33-21-19-32(37)20-22-33)27-40-25-14-13-17-30(15-10-2)35(3,4)5/h19-22,29-31,37H,9-18,23-28H2,1-8H3. The second-order valence-corrected chi connectivity index (χ2v) is 16.5. The Morgan fingerprint density at radius 2 is 1.29 bits per heavy atom. The fourth-order valence-corrected chi connectivity index (χ4v) is 8.14. The smallest absolute Gasteiger partial charge is 0.311 e. The van der Waals surface area contributed by atoms with Crippen LogP contribution in [-0.4, -0.2) is 34.1 Å². The maximum absolute atomic E-state index is 12.6. The van der Waals surface area contributed by atoms with Gasteiger partial charge in [0.2, 0.25) is 0 Å². The predicted molar refractivity (Wildman–Crippen MR) is 185 cm³/mol. The Labute approximate surface area is 263 Å². The molecule has 0 saturated carbocycles. The Hall–Kier alpha value is -0.810. The van der Waals surface area contributed by atoms with Gasteiger partial charge in [-0.15, -0.1) is 0 Å². The van der Waals surface area contributed by atoms with Gasteiger partial charge >= 0.3 is 5.97 Å². The van der Waals surface area contributed by atoms with Crippen molar-refractivity contribution in [2.45, 2.75) is 132 Å². The third-order valence-corrected chi connectivity index (χ3v) is 11.0. The van der Waals surface area contributed by atoms with Crippen molar-refractivity contribution in [1.82, 2.24) is 0 Å². The number of ether oxygens (including phenoxy) is 1. The van der Waals surface area contributed by atoms with E-state index in [4.69, 9.17) is 4.74 Å². The molecule has 0 aromatic heterocycles. The van der Waals surface area contributed by atoms with E-state index < -0.39 is 0 Å². The van der Waals surface area contributed by atoms with E-state index in [0.717, 1.165) is 29.8 Å². The number of benzene rings is 1. The van der Waals surface area contributed by atoms with E-state index in [0.29, 0.717) is 28.9 Å². The molecule has 238 valence electrons. The SMILES string of the molecule is CCCCCC(CCSCC(CCC(=O)Oc1ccc(O)cc1)CSCCCCC(CCC)C(C)(C)C)C(C)(C)C. The molecule has 5 heteroatoms. The number of esters is 1. The van der Waals surface area contributed by atoms with E-state index in [1.165, 1.54) is 75.7 Å². The summed E-state index contributed by atoms with van der Waals surface area (Å²) in [5.74, 6) is 7.28. The molecule has 41 heavy (non-hydrogen) atoms. The summed E-state index contributed by atoms with van der Waals surface area (Å²) in [5, 5.41) is 9.48. The van der Waals surface area contributed by atoms with Gasteiger partial charge in [-0.2, -0.15) is 23.5 Å². The molecule has 0 heterocycles. The number of aromatic hydroxyl groups is 1. The molecule has 0 amide bonds. The van der Waals surface area contributed by atoms with Crippen LogP contribution >= 0.6 is 23.5 Å².